The second-order valence-corrected chi connectivity index (χ2v) is 6.72. The quantitative estimate of drug-likeness (QED) is 0.709. The molecule has 3 N–H and O–H groups in total. The van der Waals surface area contributed by atoms with Crippen LogP contribution in [0.2, 0.25) is 0 Å². The maximum Gasteiger partial charge on any atom is 0.238 e. The van der Waals surface area contributed by atoms with Crippen molar-refractivity contribution < 1.29 is 13.6 Å². The van der Waals surface area contributed by atoms with E-state index in [1.807, 2.05) is 37.3 Å². The number of carbonyl (C=O) groups excluding carboxylic acids is 1. The van der Waals surface area contributed by atoms with Crippen molar-refractivity contribution in [1.82, 2.24) is 5.32 Å². The first-order valence-electron chi connectivity index (χ1n) is 7.65. The Morgan fingerprint density at radius 2 is 1.88 bits per heavy atom. The van der Waals surface area contributed by atoms with Crippen LogP contribution in [0.1, 0.15) is 17.7 Å². The van der Waals surface area contributed by atoms with Crippen LogP contribution in [0.25, 0.3) is 0 Å². The Labute approximate surface area is 156 Å². The fourth-order valence-corrected chi connectivity index (χ4v) is 3.11. The first-order valence-corrected chi connectivity index (χ1v) is 8.53. The zero-order valence-corrected chi connectivity index (χ0v) is 15.4. The second kappa shape index (κ2) is 10.4. The van der Waals surface area contributed by atoms with Gasteiger partial charge in [-0.25, -0.2) is 8.78 Å². The van der Waals surface area contributed by atoms with Gasteiger partial charge in [-0.15, -0.1) is 24.2 Å². The van der Waals surface area contributed by atoms with Gasteiger partial charge in [0.15, 0.2) is 0 Å². The lowest BCUT2D eigenvalue weighted by Crippen LogP contribution is -2.34. The van der Waals surface area contributed by atoms with Crippen molar-refractivity contribution in [3.05, 3.63) is 65.7 Å². The van der Waals surface area contributed by atoms with Crippen LogP contribution < -0.4 is 11.1 Å². The molecule has 0 aliphatic rings. The standard InChI is InChI=1S/C18H20F2N2OS.ClH/c1-12(10-21)11-22-18(23)17(13-5-3-2-4-6-13)24-16-8-7-14(19)9-15(16)20;/h2-9,12,17H,10-11,21H2,1H3,(H,22,23);1H. The minimum absolute atomic E-state index is 0. The van der Waals surface area contributed by atoms with Crippen molar-refractivity contribution in [3.63, 3.8) is 0 Å². The molecule has 7 heteroatoms. The third-order valence-electron chi connectivity index (χ3n) is 3.51. The fourth-order valence-electron chi connectivity index (χ4n) is 2.05. The van der Waals surface area contributed by atoms with Gasteiger partial charge >= 0.3 is 0 Å². The Morgan fingerprint density at radius 1 is 1.20 bits per heavy atom. The van der Waals surface area contributed by atoms with Crippen LogP contribution in [-0.2, 0) is 4.79 Å². The topological polar surface area (TPSA) is 55.1 Å². The van der Waals surface area contributed by atoms with Crippen LogP contribution >= 0.6 is 24.2 Å². The van der Waals surface area contributed by atoms with Crippen LogP contribution in [0.15, 0.2) is 53.4 Å². The summed E-state index contributed by atoms with van der Waals surface area (Å²) in [5.41, 5.74) is 6.32. The molecule has 2 aromatic rings. The van der Waals surface area contributed by atoms with Gasteiger partial charge in [0.05, 0.1) is 0 Å². The molecule has 0 aliphatic carbocycles. The number of thioether (sulfide) groups is 1. The average Bonchev–Trinajstić information content (AvgIpc) is 2.59. The van der Waals surface area contributed by atoms with Gasteiger partial charge in [0.2, 0.25) is 5.91 Å². The zero-order chi connectivity index (χ0) is 17.5. The van der Waals surface area contributed by atoms with E-state index >= 15 is 0 Å². The molecule has 136 valence electrons. The lowest BCUT2D eigenvalue weighted by Gasteiger charge is -2.18. The first-order chi connectivity index (χ1) is 11.5. The van der Waals surface area contributed by atoms with Crippen LogP contribution in [0.3, 0.4) is 0 Å². The molecular formula is C18H21ClF2N2OS. The third-order valence-corrected chi connectivity index (χ3v) is 4.81. The molecule has 2 aromatic carbocycles. The molecule has 0 fully saturated rings. The predicted octanol–water partition coefficient (Wildman–Crippen LogP) is 3.93. The largest absolute Gasteiger partial charge is 0.355 e. The number of amides is 1. The van der Waals surface area contributed by atoms with Gasteiger partial charge in [-0.05, 0) is 30.2 Å². The molecular weight excluding hydrogens is 366 g/mol. The van der Waals surface area contributed by atoms with E-state index in [-0.39, 0.29) is 29.1 Å². The van der Waals surface area contributed by atoms with Crippen LogP contribution in [0.5, 0.6) is 0 Å². The maximum absolute atomic E-state index is 13.9. The summed E-state index contributed by atoms with van der Waals surface area (Å²) in [6.07, 6.45) is 0. The summed E-state index contributed by atoms with van der Waals surface area (Å²) in [7, 11) is 0. The molecule has 0 spiro atoms. The van der Waals surface area contributed by atoms with E-state index in [9.17, 15) is 13.6 Å². The average molecular weight is 387 g/mol. The van der Waals surface area contributed by atoms with E-state index in [4.69, 9.17) is 5.73 Å². The van der Waals surface area contributed by atoms with Gasteiger partial charge in [-0.2, -0.15) is 0 Å². The highest BCUT2D eigenvalue weighted by atomic mass is 35.5. The summed E-state index contributed by atoms with van der Waals surface area (Å²) in [6, 6.07) is 12.5. The third kappa shape index (κ3) is 6.30. The van der Waals surface area contributed by atoms with E-state index < -0.39 is 16.9 Å². The molecule has 2 unspecified atom stereocenters. The molecule has 2 rings (SSSR count). The highest BCUT2D eigenvalue weighted by Gasteiger charge is 2.23. The summed E-state index contributed by atoms with van der Waals surface area (Å²) in [4.78, 5) is 12.8. The molecule has 0 radical (unpaired) electrons. The van der Waals surface area contributed by atoms with Gasteiger partial charge < -0.3 is 11.1 Å². The van der Waals surface area contributed by atoms with Crippen molar-refractivity contribution in [2.24, 2.45) is 11.7 Å². The number of hydrogen-bond acceptors (Lipinski definition) is 3. The fraction of sp³-hybridized carbons (Fsp3) is 0.278. The number of nitrogens with two attached hydrogens (primary N) is 1. The smallest absolute Gasteiger partial charge is 0.238 e. The lowest BCUT2D eigenvalue weighted by atomic mass is 10.1. The molecule has 0 heterocycles. The van der Waals surface area contributed by atoms with Gasteiger partial charge in [0.1, 0.15) is 16.9 Å². The van der Waals surface area contributed by atoms with Crippen molar-refractivity contribution in [2.75, 3.05) is 13.1 Å². The number of hydrogen-bond donors (Lipinski definition) is 2. The van der Waals surface area contributed by atoms with Gasteiger partial charge in [-0.1, -0.05) is 37.3 Å². The van der Waals surface area contributed by atoms with E-state index in [1.54, 1.807) is 0 Å². The highest BCUT2D eigenvalue weighted by Crippen LogP contribution is 2.36. The Morgan fingerprint density at radius 3 is 2.48 bits per heavy atom. The van der Waals surface area contributed by atoms with E-state index in [0.29, 0.717) is 13.1 Å². The molecule has 0 saturated heterocycles. The number of nitrogens with one attached hydrogen (secondary N) is 1. The van der Waals surface area contributed by atoms with Crippen molar-refractivity contribution in [2.45, 2.75) is 17.1 Å². The molecule has 3 nitrogen and oxygen atoms in total. The summed E-state index contributed by atoms with van der Waals surface area (Å²) in [6.45, 7) is 2.85. The van der Waals surface area contributed by atoms with E-state index in [2.05, 4.69) is 5.32 Å². The SMILES string of the molecule is CC(CN)CNC(=O)C(Sc1ccc(F)cc1F)c1ccccc1.Cl. The van der Waals surface area contributed by atoms with Gasteiger partial charge in [-0.3, -0.25) is 4.79 Å². The Hall–Kier alpha value is -1.63. The maximum atomic E-state index is 13.9. The number of halogens is 3. The lowest BCUT2D eigenvalue weighted by molar-refractivity contribution is -0.120. The number of benzene rings is 2. The first kappa shape index (κ1) is 21.4. The molecule has 2 atom stereocenters. The van der Waals surface area contributed by atoms with Crippen molar-refractivity contribution in [3.8, 4) is 0 Å². The van der Waals surface area contributed by atoms with Crippen LogP contribution in [-0.4, -0.2) is 19.0 Å². The normalized spacial score (nSPS) is 12.8. The molecule has 0 bridgehead atoms. The summed E-state index contributed by atoms with van der Waals surface area (Å²) in [5, 5.41) is 2.22. The summed E-state index contributed by atoms with van der Waals surface area (Å²) < 4.78 is 27.0. The van der Waals surface area contributed by atoms with Crippen molar-refractivity contribution >= 4 is 30.1 Å². The molecule has 0 aromatic heterocycles. The molecule has 1 amide bonds. The van der Waals surface area contributed by atoms with E-state index in [0.717, 1.165) is 23.4 Å². The van der Waals surface area contributed by atoms with Crippen LogP contribution in [0.4, 0.5) is 8.78 Å². The molecule has 0 saturated carbocycles. The predicted molar refractivity (Wildman–Crippen MR) is 99.9 cm³/mol. The Balaban J connectivity index is 0.00000312. The second-order valence-electron chi connectivity index (χ2n) is 5.57. The summed E-state index contributed by atoms with van der Waals surface area (Å²) >= 11 is 1.06. The molecule has 25 heavy (non-hydrogen) atoms. The minimum Gasteiger partial charge on any atom is -0.355 e. The van der Waals surface area contributed by atoms with Crippen molar-refractivity contribution in [1.29, 1.82) is 0 Å². The monoisotopic (exact) mass is 386 g/mol. The van der Waals surface area contributed by atoms with E-state index in [1.165, 1.54) is 12.1 Å². The van der Waals surface area contributed by atoms with Crippen LogP contribution in [0, 0.1) is 17.6 Å². The minimum atomic E-state index is -0.677. The number of carbonyl (C=O) groups is 1. The Bertz CT molecular complexity index is 688. The zero-order valence-electron chi connectivity index (χ0n) is 13.7. The van der Waals surface area contributed by atoms with Gasteiger partial charge in [0, 0.05) is 17.5 Å². The number of rotatable bonds is 7. The highest BCUT2D eigenvalue weighted by molar-refractivity contribution is 8.00. The molecule has 0 aliphatic heterocycles. The van der Waals surface area contributed by atoms with Gasteiger partial charge in [0.25, 0.3) is 0 Å². The Kier molecular flexibility index (Phi) is 8.89. The summed E-state index contributed by atoms with van der Waals surface area (Å²) in [5.74, 6) is -1.40.